The van der Waals surface area contributed by atoms with Gasteiger partial charge in [0, 0.05) is 5.56 Å². The van der Waals surface area contributed by atoms with E-state index in [0.29, 0.717) is 18.6 Å². The maximum Gasteiger partial charge on any atom is 0.123 e. The fraction of sp³-hybridized carbons (Fsp3) is 0.400. The normalized spacial score (nSPS) is 19.9. The molecule has 1 fully saturated rings. The number of rotatable bonds is 4. The molecule has 2 nitrogen and oxygen atoms in total. The van der Waals surface area contributed by atoms with Crippen LogP contribution in [0.25, 0.3) is 0 Å². The van der Waals surface area contributed by atoms with Crippen molar-refractivity contribution in [2.45, 2.75) is 12.0 Å². The third-order valence-electron chi connectivity index (χ3n) is 1.94. The van der Waals surface area contributed by atoms with Crippen molar-refractivity contribution in [3.8, 4) is 5.75 Å². The van der Waals surface area contributed by atoms with Gasteiger partial charge in [0.15, 0.2) is 0 Å². The number of hydrogen-bond donors (Lipinski definition) is 0. The quantitative estimate of drug-likeness (QED) is 0.547. The van der Waals surface area contributed by atoms with Crippen LogP contribution < -0.4 is 4.74 Å². The molecule has 1 aromatic rings. The van der Waals surface area contributed by atoms with Crippen LogP contribution in [0.5, 0.6) is 5.75 Å². The van der Waals surface area contributed by atoms with Gasteiger partial charge in [0.2, 0.25) is 0 Å². The van der Waals surface area contributed by atoms with Crippen LogP contribution in [0.2, 0.25) is 0 Å². The third-order valence-corrected chi connectivity index (χ3v) is 2.23. The number of hydrogen-bond acceptors (Lipinski definition) is 2. The number of alkyl halides is 1. The summed E-state index contributed by atoms with van der Waals surface area (Å²) in [5.41, 5.74) is 1.03. The maximum absolute atomic E-state index is 5.75. The van der Waals surface area contributed by atoms with Gasteiger partial charge in [-0.05, 0) is 6.07 Å². The Morgan fingerprint density at radius 2 is 2.23 bits per heavy atom. The summed E-state index contributed by atoms with van der Waals surface area (Å²) in [5, 5.41) is 0. The predicted octanol–water partition coefficient (Wildman–Crippen LogP) is 2.20. The van der Waals surface area contributed by atoms with Crippen molar-refractivity contribution >= 4 is 11.6 Å². The van der Waals surface area contributed by atoms with E-state index in [0.717, 1.165) is 17.9 Å². The topological polar surface area (TPSA) is 21.8 Å². The highest BCUT2D eigenvalue weighted by molar-refractivity contribution is 6.17. The minimum absolute atomic E-state index is 0.295. The molecule has 0 spiro atoms. The monoisotopic (exact) mass is 198 g/mol. The highest BCUT2D eigenvalue weighted by Crippen LogP contribution is 2.21. The van der Waals surface area contributed by atoms with Crippen molar-refractivity contribution in [2.24, 2.45) is 0 Å². The van der Waals surface area contributed by atoms with E-state index >= 15 is 0 Å². The van der Waals surface area contributed by atoms with Gasteiger partial charge < -0.3 is 9.47 Å². The molecule has 1 heterocycles. The van der Waals surface area contributed by atoms with Crippen LogP contribution in [-0.4, -0.2) is 19.3 Å². The third kappa shape index (κ3) is 2.36. The molecule has 1 aliphatic heterocycles. The molecule has 70 valence electrons. The van der Waals surface area contributed by atoms with Crippen molar-refractivity contribution in [1.29, 1.82) is 0 Å². The van der Waals surface area contributed by atoms with Crippen molar-refractivity contribution in [3.63, 3.8) is 0 Å². The molecule has 1 atom stereocenters. The number of ether oxygens (including phenoxy) is 2. The summed E-state index contributed by atoms with van der Waals surface area (Å²) in [6.45, 7) is 1.46. The van der Waals surface area contributed by atoms with Crippen LogP contribution in [0.1, 0.15) is 5.56 Å². The minimum atomic E-state index is 0.295. The van der Waals surface area contributed by atoms with Gasteiger partial charge in [-0.3, -0.25) is 0 Å². The van der Waals surface area contributed by atoms with Crippen LogP contribution in [0.4, 0.5) is 0 Å². The number of para-hydroxylation sites is 1. The molecule has 0 aliphatic carbocycles. The van der Waals surface area contributed by atoms with E-state index in [-0.39, 0.29) is 0 Å². The molecule has 1 aliphatic rings. The van der Waals surface area contributed by atoms with Gasteiger partial charge in [-0.2, -0.15) is 0 Å². The number of halogens is 1. The van der Waals surface area contributed by atoms with E-state index in [1.54, 1.807) is 0 Å². The molecule has 0 bridgehead atoms. The Morgan fingerprint density at radius 1 is 1.46 bits per heavy atom. The molecule has 0 radical (unpaired) electrons. The maximum atomic E-state index is 5.75. The Kier molecular flexibility index (Phi) is 2.71. The van der Waals surface area contributed by atoms with Gasteiger partial charge in [-0.25, -0.2) is 0 Å². The lowest BCUT2D eigenvalue weighted by atomic mass is 10.2. The van der Waals surface area contributed by atoms with Crippen LogP contribution in [0, 0.1) is 0 Å². The molecular weight excluding hydrogens is 188 g/mol. The van der Waals surface area contributed by atoms with Crippen molar-refractivity contribution in [1.82, 2.24) is 0 Å². The first-order valence-electron chi connectivity index (χ1n) is 4.28. The summed E-state index contributed by atoms with van der Waals surface area (Å²) < 4.78 is 10.6. The number of benzene rings is 1. The average molecular weight is 199 g/mol. The fourth-order valence-corrected chi connectivity index (χ4v) is 1.32. The molecule has 3 heteroatoms. The minimum Gasteiger partial charge on any atom is -0.490 e. The summed E-state index contributed by atoms with van der Waals surface area (Å²) in [4.78, 5) is 0. The highest BCUT2D eigenvalue weighted by atomic mass is 35.5. The molecule has 13 heavy (non-hydrogen) atoms. The Labute approximate surface area is 82.4 Å². The van der Waals surface area contributed by atoms with E-state index in [2.05, 4.69) is 0 Å². The lowest BCUT2D eigenvalue weighted by molar-refractivity contribution is 0.261. The zero-order valence-corrected chi connectivity index (χ0v) is 7.96. The molecule has 2 rings (SSSR count). The Hall–Kier alpha value is -0.730. The largest absolute Gasteiger partial charge is 0.490 e. The second kappa shape index (κ2) is 3.99. The van der Waals surface area contributed by atoms with Gasteiger partial charge in [0.05, 0.1) is 12.5 Å². The summed E-state index contributed by atoms with van der Waals surface area (Å²) in [6, 6.07) is 7.80. The smallest absolute Gasteiger partial charge is 0.123 e. The molecule has 1 unspecified atom stereocenters. The Balaban J connectivity index is 1.99. The van der Waals surface area contributed by atoms with Crippen molar-refractivity contribution < 1.29 is 9.47 Å². The van der Waals surface area contributed by atoms with Crippen LogP contribution >= 0.6 is 11.6 Å². The van der Waals surface area contributed by atoms with Crippen LogP contribution in [-0.2, 0) is 10.6 Å². The van der Waals surface area contributed by atoms with Crippen LogP contribution in [0.15, 0.2) is 24.3 Å². The average Bonchev–Trinajstić information content (AvgIpc) is 2.99. The van der Waals surface area contributed by atoms with Gasteiger partial charge in [0.1, 0.15) is 18.5 Å². The molecule has 0 aromatic heterocycles. The highest BCUT2D eigenvalue weighted by Gasteiger charge is 2.23. The van der Waals surface area contributed by atoms with Gasteiger partial charge >= 0.3 is 0 Å². The zero-order chi connectivity index (χ0) is 9.10. The van der Waals surface area contributed by atoms with Crippen LogP contribution in [0.3, 0.4) is 0 Å². The summed E-state index contributed by atoms with van der Waals surface area (Å²) >= 11 is 5.75. The molecule has 1 saturated heterocycles. The molecule has 0 N–H and O–H groups in total. The van der Waals surface area contributed by atoms with E-state index < -0.39 is 0 Å². The predicted molar refractivity (Wildman–Crippen MR) is 51.2 cm³/mol. The van der Waals surface area contributed by atoms with Gasteiger partial charge in [0.25, 0.3) is 0 Å². The van der Waals surface area contributed by atoms with E-state index in [9.17, 15) is 0 Å². The van der Waals surface area contributed by atoms with E-state index in [4.69, 9.17) is 21.1 Å². The first-order valence-corrected chi connectivity index (χ1v) is 4.82. The molecule has 0 saturated carbocycles. The zero-order valence-electron chi connectivity index (χ0n) is 7.20. The Morgan fingerprint density at radius 3 is 2.92 bits per heavy atom. The summed E-state index contributed by atoms with van der Waals surface area (Å²) in [7, 11) is 0. The Bertz CT molecular complexity index is 284. The first-order chi connectivity index (χ1) is 6.40. The lowest BCUT2D eigenvalue weighted by Gasteiger charge is -2.07. The molecular formula is C10H11ClO2. The SMILES string of the molecule is ClCc1ccccc1OCC1CO1. The van der Waals surface area contributed by atoms with Gasteiger partial charge in [-0.1, -0.05) is 18.2 Å². The molecule has 1 aromatic carbocycles. The van der Waals surface area contributed by atoms with Crippen molar-refractivity contribution in [3.05, 3.63) is 29.8 Å². The second-order valence-electron chi connectivity index (χ2n) is 3.01. The fourth-order valence-electron chi connectivity index (χ4n) is 1.10. The summed E-state index contributed by atoms with van der Waals surface area (Å²) in [6.07, 6.45) is 0.295. The first kappa shape index (κ1) is 8.85. The van der Waals surface area contributed by atoms with E-state index in [1.807, 2.05) is 24.3 Å². The number of epoxide rings is 1. The second-order valence-corrected chi connectivity index (χ2v) is 3.27. The van der Waals surface area contributed by atoms with Gasteiger partial charge in [-0.15, -0.1) is 11.6 Å². The lowest BCUT2D eigenvalue weighted by Crippen LogP contribution is -2.05. The van der Waals surface area contributed by atoms with Crippen molar-refractivity contribution in [2.75, 3.05) is 13.2 Å². The summed E-state index contributed by atoms with van der Waals surface area (Å²) in [5.74, 6) is 1.36. The molecule has 0 amide bonds. The van der Waals surface area contributed by atoms with E-state index in [1.165, 1.54) is 0 Å². The standard InChI is InChI=1S/C10H11ClO2/c11-5-8-3-1-2-4-10(8)13-7-9-6-12-9/h1-4,9H,5-7H2.